The molecule has 0 aliphatic heterocycles. The number of hydrogen-bond acceptors (Lipinski definition) is 2. The van der Waals surface area contributed by atoms with Crippen LogP contribution in [0.4, 0.5) is 16.2 Å². The third kappa shape index (κ3) is 5.06. The van der Waals surface area contributed by atoms with Crippen molar-refractivity contribution in [3.63, 3.8) is 0 Å². The van der Waals surface area contributed by atoms with Crippen LogP contribution in [-0.4, -0.2) is 18.0 Å². The van der Waals surface area contributed by atoms with Gasteiger partial charge in [0.2, 0.25) is 5.91 Å². The molecule has 0 bridgehead atoms. The molecule has 1 aliphatic carbocycles. The molecule has 0 atom stereocenters. The zero-order chi connectivity index (χ0) is 15.9. The molecule has 1 aliphatic rings. The van der Waals surface area contributed by atoms with Crippen LogP contribution in [-0.2, 0) is 4.79 Å². The Hall–Kier alpha value is -2.04. The van der Waals surface area contributed by atoms with Crippen LogP contribution < -0.4 is 16.0 Å². The van der Waals surface area contributed by atoms with E-state index >= 15 is 0 Å². The Bertz CT molecular complexity index is 522. The number of hydrogen-bond donors (Lipinski definition) is 3. The molecule has 120 valence electrons. The highest BCUT2D eigenvalue weighted by Gasteiger charge is 2.15. The van der Waals surface area contributed by atoms with E-state index in [4.69, 9.17) is 0 Å². The predicted octanol–water partition coefficient (Wildman–Crippen LogP) is 3.74. The minimum atomic E-state index is -0.181. The van der Waals surface area contributed by atoms with Gasteiger partial charge >= 0.3 is 6.03 Å². The average molecular weight is 303 g/mol. The molecule has 5 nitrogen and oxygen atoms in total. The molecule has 0 aromatic heterocycles. The van der Waals surface area contributed by atoms with Crippen molar-refractivity contribution >= 4 is 23.3 Å². The molecule has 1 aromatic rings. The molecule has 1 fully saturated rings. The number of nitrogens with one attached hydrogen (secondary N) is 3. The molecule has 22 heavy (non-hydrogen) atoms. The van der Waals surface area contributed by atoms with Crippen molar-refractivity contribution in [3.8, 4) is 0 Å². The van der Waals surface area contributed by atoms with Crippen LogP contribution in [0.25, 0.3) is 0 Å². The number of carbonyl (C=O) groups is 2. The zero-order valence-electron chi connectivity index (χ0n) is 13.3. The monoisotopic (exact) mass is 303 g/mol. The maximum Gasteiger partial charge on any atom is 0.319 e. The minimum Gasteiger partial charge on any atom is -0.335 e. The van der Waals surface area contributed by atoms with Crippen molar-refractivity contribution in [1.82, 2.24) is 5.32 Å². The third-order valence-electron chi connectivity index (χ3n) is 3.85. The van der Waals surface area contributed by atoms with Crippen molar-refractivity contribution in [3.05, 3.63) is 24.3 Å². The smallest absolute Gasteiger partial charge is 0.319 e. The minimum absolute atomic E-state index is 0.0381. The van der Waals surface area contributed by atoms with Gasteiger partial charge in [0.1, 0.15) is 0 Å². The van der Waals surface area contributed by atoms with Crippen molar-refractivity contribution in [1.29, 1.82) is 0 Å². The van der Waals surface area contributed by atoms with Gasteiger partial charge in [-0.3, -0.25) is 4.79 Å². The maximum atomic E-state index is 12.0. The van der Waals surface area contributed by atoms with Gasteiger partial charge < -0.3 is 16.0 Å². The Kier molecular flexibility index (Phi) is 5.81. The van der Waals surface area contributed by atoms with E-state index < -0.39 is 0 Å². The van der Waals surface area contributed by atoms with Crippen molar-refractivity contribution in [2.45, 2.75) is 52.0 Å². The lowest BCUT2D eigenvalue weighted by atomic mass is 9.96. The van der Waals surface area contributed by atoms with Gasteiger partial charge in [-0.15, -0.1) is 0 Å². The molecule has 3 amide bonds. The first kappa shape index (κ1) is 16.3. The molecular formula is C17H25N3O2. The molecule has 0 heterocycles. The second kappa shape index (κ2) is 7.82. The zero-order valence-corrected chi connectivity index (χ0v) is 13.3. The summed E-state index contributed by atoms with van der Waals surface area (Å²) in [5.74, 6) is -0.116. The summed E-state index contributed by atoms with van der Waals surface area (Å²) >= 11 is 0. The number of carbonyl (C=O) groups excluding carboxylic acids is 2. The molecule has 5 heteroatoms. The fourth-order valence-corrected chi connectivity index (χ4v) is 2.56. The van der Waals surface area contributed by atoms with E-state index in [9.17, 15) is 9.59 Å². The van der Waals surface area contributed by atoms with E-state index in [1.54, 1.807) is 6.07 Å². The second-order valence-corrected chi connectivity index (χ2v) is 6.16. The molecule has 1 aromatic carbocycles. The van der Waals surface area contributed by atoms with Crippen LogP contribution in [0.15, 0.2) is 24.3 Å². The van der Waals surface area contributed by atoms with Gasteiger partial charge in [0.05, 0.1) is 0 Å². The quantitative estimate of drug-likeness (QED) is 0.793. The van der Waals surface area contributed by atoms with Crippen LogP contribution in [0.5, 0.6) is 0 Å². The Balaban J connectivity index is 1.89. The molecule has 0 spiro atoms. The van der Waals surface area contributed by atoms with Crippen LogP contribution in [0.3, 0.4) is 0 Å². The topological polar surface area (TPSA) is 70.2 Å². The van der Waals surface area contributed by atoms with Gasteiger partial charge in [0, 0.05) is 23.3 Å². The Morgan fingerprint density at radius 1 is 1.05 bits per heavy atom. The number of benzene rings is 1. The van der Waals surface area contributed by atoms with Gasteiger partial charge in [-0.1, -0.05) is 39.2 Å². The highest BCUT2D eigenvalue weighted by Crippen LogP contribution is 2.18. The summed E-state index contributed by atoms with van der Waals surface area (Å²) < 4.78 is 0. The van der Waals surface area contributed by atoms with E-state index in [0.717, 1.165) is 12.8 Å². The van der Waals surface area contributed by atoms with E-state index in [-0.39, 0.29) is 23.9 Å². The number of rotatable bonds is 4. The number of urea groups is 1. The van der Waals surface area contributed by atoms with Crippen LogP contribution in [0.1, 0.15) is 46.0 Å². The Morgan fingerprint density at radius 3 is 2.32 bits per heavy atom. The first-order valence-corrected chi connectivity index (χ1v) is 8.03. The van der Waals surface area contributed by atoms with Gasteiger partial charge in [0.25, 0.3) is 0 Å². The lowest BCUT2D eigenvalue weighted by molar-refractivity contribution is -0.118. The van der Waals surface area contributed by atoms with E-state index in [2.05, 4.69) is 16.0 Å². The largest absolute Gasteiger partial charge is 0.335 e. The number of anilines is 2. The van der Waals surface area contributed by atoms with Crippen LogP contribution in [0, 0.1) is 5.92 Å². The van der Waals surface area contributed by atoms with Gasteiger partial charge in [0.15, 0.2) is 0 Å². The fourth-order valence-electron chi connectivity index (χ4n) is 2.56. The highest BCUT2D eigenvalue weighted by atomic mass is 16.2. The van der Waals surface area contributed by atoms with E-state index in [0.29, 0.717) is 11.4 Å². The van der Waals surface area contributed by atoms with Crippen molar-refractivity contribution in [2.75, 3.05) is 10.6 Å². The summed E-state index contributed by atoms with van der Waals surface area (Å²) in [4.78, 5) is 23.7. The summed E-state index contributed by atoms with van der Waals surface area (Å²) in [5, 5.41) is 8.66. The highest BCUT2D eigenvalue weighted by molar-refractivity contribution is 5.94. The van der Waals surface area contributed by atoms with Crippen molar-refractivity contribution in [2.24, 2.45) is 5.92 Å². The summed E-state index contributed by atoms with van der Waals surface area (Å²) in [6.07, 6.45) is 5.73. The number of amides is 3. The van der Waals surface area contributed by atoms with E-state index in [1.807, 2.05) is 32.0 Å². The SMILES string of the molecule is CC(C)C(=O)Nc1cccc(NC(=O)NC2CCCCC2)c1. The normalized spacial score (nSPS) is 15.4. The molecule has 1 saturated carbocycles. The lowest BCUT2D eigenvalue weighted by Crippen LogP contribution is -2.39. The molecule has 0 unspecified atom stereocenters. The summed E-state index contributed by atoms with van der Waals surface area (Å²) in [5.41, 5.74) is 1.36. The molecule has 0 radical (unpaired) electrons. The average Bonchev–Trinajstić information content (AvgIpc) is 2.48. The van der Waals surface area contributed by atoms with Gasteiger partial charge in [-0.25, -0.2) is 4.79 Å². The molecule has 0 saturated heterocycles. The lowest BCUT2D eigenvalue weighted by Gasteiger charge is -2.22. The van der Waals surface area contributed by atoms with Gasteiger partial charge in [-0.05, 0) is 31.0 Å². The summed E-state index contributed by atoms with van der Waals surface area (Å²) in [6, 6.07) is 7.29. The van der Waals surface area contributed by atoms with E-state index in [1.165, 1.54) is 19.3 Å². The third-order valence-corrected chi connectivity index (χ3v) is 3.85. The Morgan fingerprint density at radius 2 is 1.68 bits per heavy atom. The first-order valence-electron chi connectivity index (χ1n) is 8.03. The predicted molar refractivity (Wildman–Crippen MR) is 88.9 cm³/mol. The van der Waals surface area contributed by atoms with Gasteiger partial charge in [-0.2, -0.15) is 0 Å². The van der Waals surface area contributed by atoms with Crippen LogP contribution >= 0.6 is 0 Å². The van der Waals surface area contributed by atoms with Crippen molar-refractivity contribution < 1.29 is 9.59 Å². The standard InChI is InChI=1S/C17H25N3O2/c1-12(2)16(21)18-14-9-6-10-15(11-14)20-17(22)19-13-7-4-3-5-8-13/h6,9-13H,3-5,7-8H2,1-2H3,(H,18,21)(H2,19,20,22). The summed E-state index contributed by atoms with van der Waals surface area (Å²) in [7, 11) is 0. The van der Waals surface area contributed by atoms with Crippen LogP contribution in [0.2, 0.25) is 0 Å². The second-order valence-electron chi connectivity index (χ2n) is 6.16. The molecular weight excluding hydrogens is 278 g/mol. The maximum absolute atomic E-state index is 12.0. The fraction of sp³-hybridized carbons (Fsp3) is 0.529. The molecule has 3 N–H and O–H groups in total. The first-order chi connectivity index (χ1) is 10.5. The summed E-state index contributed by atoms with van der Waals surface area (Å²) in [6.45, 7) is 3.68. The molecule has 2 rings (SSSR count). The Labute approximate surface area is 131 Å².